The Hall–Kier alpha value is -3.66. The molecule has 0 N–H and O–H groups in total. The number of anilines is 1. The average molecular weight is 544 g/mol. The fraction of sp³-hybridized carbons (Fsp3) is 0.393. The molecule has 1 fully saturated rings. The van der Waals surface area contributed by atoms with Crippen LogP contribution in [0.3, 0.4) is 0 Å². The van der Waals surface area contributed by atoms with E-state index >= 15 is 0 Å². The Morgan fingerprint density at radius 3 is 2.11 bits per heavy atom. The van der Waals surface area contributed by atoms with Crippen LogP contribution in [0.1, 0.15) is 38.3 Å². The zero-order valence-electron chi connectivity index (χ0n) is 22.4. The number of carbonyl (C=O) groups is 1. The van der Waals surface area contributed by atoms with Gasteiger partial charge in [0.25, 0.3) is 0 Å². The third-order valence-electron chi connectivity index (χ3n) is 6.77. The molecule has 2 aromatic carbocycles. The predicted molar refractivity (Wildman–Crippen MR) is 144 cm³/mol. The SMILES string of the molecule is COc1ccc([C@@H]2N(c3cc(OC)c(OC)c(OC)c3)C(=O)C2(C)C)cc1OS(=O)(=O)CC1=CCCC=C1. The maximum Gasteiger partial charge on any atom is 0.313 e. The minimum Gasteiger partial charge on any atom is -0.493 e. The van der Waals surface area contributed by atoms with E-state index in [1.807, 2.05) is 26.0 Å². The fourth-order valence-electron chi connectivity index (χ4n) is 4.91. The Morgan fingerprint density at radius 2 is 1.55 bits per heavy atom. The molecular weight excluding hydrogens is 510 g/mol. The second kappa shape index (κ2) is 10.6. The van der Waals surface area contributed by atoms with E-state index in [0.717, 1.165) is 12.8 Å². The number of rotatable bonds is 10. The van der Waals surface area contributed by atoms with Crippen molar-refractivity contribution in [3.05, 3.63) is 59.7 Å². The maximum absolute atomic E-state index is 13.3. The van der Waals surface area contributed by atoms with Crippen molar-refractivity contribution < 1.29 is 36.3 Å². The van der Waals surface area contributed by atoms with Crippen molar-refractivity contribution in [3.8, 4) is 28.7 Å². The number of amides is 1. The molecule has 1 aliphatic heterocycles. The van der Waals surface area contributed by atoms with Crippen LogP contribution < -0.4 is 28.0 Å². The van der Waals surface area contributed by atoms with Crippen LogP contribution in [0.15, 0.2) is 54.1 Å². The van der Waals surface area contributed by atoms with Gasteiger partial charge in [-0.25, -0.2) is 0 Å². The number of hydrogen-bond donors (Lipinski definition) is 0. The van der Waals surface area contributed by atoms with Crippen LogP contribution in [-0.4, -0.2) is 48.5 Å². The summed E-state index contributed by atoms with van der Waals surface area (Å²) in [6.45, 7) is 3.69. The highest BCUT2D eigenvalue weighted by Gasteiger charge is 2.55. The van der Waals surface area contributed by atoms with Crippen molar-refractivity contribution in [1.82, 2.24) is 0 Å². The summed E-state index contributed by atoms with van der Waals surface area (Å²) in [6.07, 6.45) is 7.32. The minimum atomic E-state index is -3.96. The van der Waals surface area contributed by atoms with Crippen LogP contribution in [-0.2, 0) is 14.9 Å². The summed E-state index contributed by atoms with van der Waals surface area (Å²) in [5, 5.41) is 0. The van der Waals surface area contributed by atoms with Crippen LogP contribution >= 0.6 is 0 Å². The van der Waals surface area contributed by atoms with Gasteiger partial charge in [-0.3, -0.25) is 4.79 Å². The standard InChI is InChI=1S/C28H33NO8S/c1-28(2)26(29(27(28)30)20-15-23(34-4)25(36-6)24(16-20)35-5)19-12-13-21(33-3)22(14-19)37-38(31,32)17-18-10-8-7-9-11-18/h8,10-16,26H,7,9,17H2,1-6H3/t26-/m0/s1. The van der Waals surface area contributed by atoms with Gasteiger partial charge in [0.05, 0.1) is 45.6 Å². The Kier molecular flexibility index (Phi) is 7.64. The monoisotopic (exact) mass is 543 g/mol. The van der Waals surface area contributed by atoms with Gasteiger partial charge in [-0.05, 0) is 50.0 Å². The fourth-order valence-corrected chi connectivity index (χ4v) is 6.00. The Bertz CT molecular complexity index is 1370. The first kappa shape index (κ1) is 27.4. The summed E-state index contributed by atoms with van der Waals surface area (Å²) < 4.78 is 53.1. The first-order valence-corrected chi connectivity index (χ1v) is 13.7. The lowest BCUT2D eigenvalue weighted by molar-refractivity contribution is -0.137. The molecule has 10 heteroatoms. The predicted octanol–water partition coefficient (Wildman–Crippen LogP) is 4.82. The highest BCUT2D eigenvalue weighted by atomic mass is 32.2. The van der Waals surface area contributed by atoms with Crippen LogP contribution in [0.5, 0.6) is 28.7 Å². The van der Waals surface area contributed by atoms with Crippen LogP contribution in [0.25, 0.3) is 0 Å². The molecular formula is C28H33NO8S. The molecule has 1 atom stereocenters. The van der Waals surface area contributed by atoms with E-state index in [-0.39, 0.29) is 23.2 Å². The lowest BCUT2D eigenvalue weighted by Gasteiger charge is -2.53. The van der Waals surface area contributed by atoms with Crippen molar-refractivity contribution in [2.45, 2.75) is 32.7 Å². The first-order valence-electron chi connectivity index (χ1n) is 12.2. The van der Waals surface area contributed by atoms with Gasteiger partial charge in [0, 0.05) is 12.1 Å². The summed E-state index contributed by atoms with van der Waals surface area (Å²) in [5.41, 5.74) is 1.15. The van der Waals surface area contributed by atoms with Crippen molar-refractivity contribution >= 4 is 21.7 Å². The number of allylic oxidation sites excluding steroid dienone is 3. The molecule has 1 saturated heterocycles. The molecule has 9 nitrogen and oxygen atoms in total. The van der Waals surface area contributed by atoms with E-state index in [0.29, 0.717) is 34.1 Å². The van der Waals surface area contributed by atoms with Crippen LogP contribution in [0.4, 0.5) is 5.69 Å². The van der Waals surface area contributed by atoms with Crippen molar-refractivity contribution in [2.75, 3.05) is 39.1 Å². The highest BCUT2D eigenvalue weighted by Crippen LogP contribution is 2.54. The molecule has 204 valence electrons. The van der Waals surface area contributed by atoms with Gasteiger partial charge in [0.2, 0.25) is 11.7 Å². The van der Waals surface area contributed by atoms with Gasteiger partial charge in [0.15, 0.2) is 23.0 Å². The quantitative estimate of drug-likeness (QED) is 0.311. The van der Waals surface area contributed by atoms with E-state index < -0.39 is 21.6 Å². The normalized spacial score (nSPS) is 18.4. The first-order chi connectivity index (χ1) is 18.1. The molecule has 1 amide bonds. The summed E-state index contributed by atoms with van der Waals surface area (Å²) in [5.74, 6) is 1.21. The molecule has 0 saturated carbocycles. The largest absolute Gasteiger partial charge is 0.493 e. The number of β-lactam (4-membered cyclic amide) rings is 1. The highest BCUT2D eigenvalue weighted by molar-refractivity contribution is 7.87. The number of methoxy groups -OCH3 is 4. The molecule has 2 aromatic rings. The van der Waals surface area contributed by atoms with Crippen LogP contribution in [0.2, 0.25) is 0 Å². The number of carbonyl (C=O) groups excluding carboxylic acids is 1. The number of hydrogen-bond acceptors (Lipinski definition) is 8. The summed E-state index contributed by atoms with van der Waals surface area (Å²) >= 11 is 0. The average Bonchev–Trinajstić information content (AvgIpc) is 2.90. The van der Waals surface area contributed by atoms with Gasteiger partial charge < -0.3 is 28.0 Å². The van der Waals surface area contributed by atoms with Gasteiger partial charge in [-0.2, -0.15) is 8.42 Å². The van der Waals surface area contributed by atoms with Crippen molar-refractivity contribution in [1.29, 1.82) is 0 Å². The third kappa shape index (κ3) is 5.05. The maximum atomic E-state index is 13.3. The lowest BCUT2D eigenvalue weighted by atomic mass is 9.70. The topological polar surface area (TPSA) is 101 Å². The molecule has 0 spiro atoms. The van der Waals surface area contributed by atoms with Crippen molar-refractivity contribution in [2.24, 2.45) is 5.41 Å². The molecule has 0 bridgehead atoms. The Morgan fingerprint density at radius 1 is 0.895 bits per heavy atom. The number of benzene rings is 2. The molecule has 0 radical (unpaired) electrons. The minimum absolute atomic E-state index is 0.0605. The zero-order valence-corrected chi connectivity index (χ0v) is 23.3. The second-order valence-corrected chi connectivity index (χ2v) is 11.2. The van der Waals surface area contributed by atoms with E-state index in [1.165, 1.54) is 28.4 Å². The molecule has 38 heavy (non-hydrogen) atoms. The third-order valence-corrected chi connectivity index (χ3v) is 7.90. The second-order valence-electron chi connectivity index (χ2n) is 9.64. The molecule has 0 aromatic heterocycles. The lowest BCUT2D eigenvalue weighted by Crippen LogP contribution is -2.61. The van der Waals surface area contributed by atoms with Gasteiger partial charge in [-0.1, -0.05) is 24.3 Å². The molecule has 1 heterocycles. The Balaban J connectivity index is 1.72. The summed E-state index contributed by atoms with van der Waals surface area (Å²) in [6, 6.07) is 8.04. The molecule has 0 unspecified atom stereocenters. The van der Waals surface area contributed by atoms with E-state index in [9.17, 15) is 13.2 Å². The summed E-state index contributed by atoms with van der Waals surface area (Å²) in [4.78, 5) is 15.0. The molecule has 4 rings (SSSR count). The molecule has 1 aliphatic carbocycles. The number of nitrogens with zero attached hydrogens (tertiary/aromatic N) is 1. The van der Waals surface area contributed by atoms with Crippen LogP contribution in [0, 0.1) is 5.41 Å². The number of ether oxygens (including phenoxy) is 4. The van der Waals surface area contributed by atoms with E-state index in [4.69, 9.17) is 23.1 Å². The summed E-state index contributed by atoms with van der Waals surface area (Å²) in [7, 11) is 2.01. The van der Waals surface area contributed by atoms with E-state index in [2.05, 4.69) is 0 Å². The van der Waals surface area contributed by atoms with Gasteiger partial charge >= 0.3 is 10.1 Å². The smallest absolute Gasteiger partial charge is 0.313 e. The van der Waals surface area contributed by atoms with Gasteiger partial charge in [-0.15, -0.1) is 0 Å². The van der Waals surface area contributed by atoms with Crippen molar-refractivity contribution in [3.63, 3.8) is 0 Å². The molecule has 2 aliphatic rings. The van der Waals surface area contributed by atoms with Gasteiger partial charge in [0.1, 0.15) is 5.75 Å². The van der Waals surface area contributed by atoms with E-state index in [1.54, 1.807) is 41.3 Å². The Labute approximate surface area is 223 Å². The zero-order chi connectivity index (χ0) is 27.7.